The maximum Gasteiger partial charge on any atom is 0.271 e. The summed E-state index contributed by atoms with van der Waals surface area (Å²) in [4.78, 5) is 12.1. The molecular formula is C14H10ClNO4S. The Morgan fingerprint density at radius 2 is 1.71 bits per heavy atom. The van der Waals surface area contributed by atoms with Crippen LogP contribution < -0.4 is 4.74 Å². The van der Waals surface area contributed by atoms with E-state index in [1.165, 1.54) is 12.1 Å². The number of ether oxygens (including phenoxy) is 1. The van der Waals surface area contributed by atoms with Gasteiger partial charge in [-0.15, -0.1) is 0 Å². The zero-order valence-corrected chi connectivity index (χ0v) is 12.3. The third-order valence-electron chi connectivity index (χ3n) is 3.07. The fraction of sp³-hybridized carbons (Fsp3) is 0.0714. The summed E-state index contributed by atoms with van der Waals surface area (Å²) in [6, 6.07) is 12.5. The summed E-state index contributed by atoms with van der Waals surface area (Å²) in [6.07, 6.45) is 0. The highest BCUT2D eigenvalue weighted by atomic mass is 35.5. The summed E-state index contributed by atoms with van der Waals surface area (Å²) in [7, 11) is -3.84. The standard InChI is InChI=1S/C14H10ClNO4S/c15-10-5-7-11(8-6-10)20-9-16-14(17)12-3-1-2-4-13(12)21(16,18)19/h1-8H,9H2. The highest BCUT2D eigenvalue weighted by Gasteiger charge is 2.41. The SMILES string of the molecule is O=C1c2ccccc2S(=O)(=O)N1COc1ccc(Cl)cc1. The van der Waals surface area contributed by atoms with Crippen LogP contribution in [-0.2, 0) is 10.0 Å². The molecule has 1 aliphatic heterocycles. The van der Waals surface area contributed by atoms with Crippen LogP contribution in [0.25, 0.3) is 0 Å². The number of nitrogens with zero attached hydrogens (tertiary/aromatic N) is 1. The van der Waals surface area contributed by atoms with Crippen LogP contribution in [0.5, 0.6) is 5.75 Å². The Morgan fingerprint density at radius 3 is 2.38 bits per heavy atom. The minimum absolute atomic E-state index is 0.00899. The van der Waals surface area contributed by atoms with Crippen molar-refractivity contribution < 1.29 is 17.9 Å². The molecule has 2 aromatic rings. The van der Waals surface area contributed by atoms with Crippen LogP contribution in [0.1, 0.15) is 10.4 Å². The van der Waals surface area contributed by atoms with Crippen molar-refractivity contribution in [2.24, 2.45) is 0 Å². The normalized spacial score (nSPS) is 15.9. The van der Waals surface area contributed by atoms with E-state index in [1.54, 1.807) is 36.4 Å². The minimum Gasteiger partial charge on any atom is -0.472 e. The lowest BCUT2D eigenvalue weighted by Gasteiger charge is -2.15. The first kappa shape index (κ1) is 13.9. The van der Waals surface area contributed by atoms with Gasteiger partial charge < -0.3 is 4.74 Å². The third kappa shape index (κ3) is 2.36. The second-order valence-electron chi connectivity index (χ2n) is 4.38. The number of amides is 1. The van der Waals surface area contributed by atoms with Gasteiger partial charge in [0.15, 0.2) is 6.73 Å². The van der Waals surface area contributed by atoms with E-state index in [1.807, 2.05) is 0 Å². The molecule has 1 amide bonds. The number of fused-ring (bicyclic) bond motifs is 1. The average Bonchev–Trinajstić information content (AvgIpc) is 2.67. The highest BCUT2D eigenvalue weighted by Crippen LogP contribution is 2.30. The molecule has 3 rings (SSSR count). The van der Waals surface area contributed by atoms with Crippen molar-refractivity contribution in [1.82, 2.24) is 4.31 Å². The fourth-order valence-corrected chi connectivity index (χ4v) is 3.58. The van der Waals surface area contributed by atoms with Crippen LogP contribution >= 0.6 is 11.6 Å². The molecule has 21 heavy (non-hydrogen) atoms. The third-order valence-corrected chi connectivity index (χ3v) is 5.09. The van der Waals surface area contributed by atoms with E-state index in [-0.39, 0.29) is 17.2 Å². The zero-order chi connectivity index (χ0) is 15.0. The van der Waals surface area contributed by atoms with E-state index < -0.39 is 15.9 Å². The van der Waals surface area contributed by atoms with E-state index >= 15 is 0 Å². The number of hydrogen-bond acceptors (Lipinski definition) is 4. The number of sulfonamides is 1. The number of carbonyl (C=O) groups excluding carboxylic acids is 1. The molecule has 108 valence electrons. The monoisotopic (exact) mass is 323 g/mol. The van der Waals surface area contributed by atoms with E-state index in [2.05, 4.69) is 0 Å². The van der Waals surface area contributed by atoms with Crippen LogP contribution in [0.3, 0.4) is 0 Å². The minimum atomic E-state index is -3.84. The first-order chi connectivity index (χ1) is 10.00. The van der Waals surface area contributed by atoms with Crippen LogP contribution in [0, 0.1) is 0 Å². The van der Waals surface area contributed by atoms with Crippen LogP contribution in [0.15, 0.2) is 53.4 Å². The first-order valence-corrected chi connectivity index (χ1v) is 7.86. The van der Waals surface area contributed by atoms with Gasteiger partial charge in [-0.3, -0.25) is 4.79 Å². The van der Waals surface area contributed by atoms with E-state index in [4.69, 9.17) is 16.3 Å². The second kappa shape index (κ2) is 5.05. The molecule has 0 N–H and O–H groups in total. The van der Waals surface area contributed by atoms with Gasteiger partial charge in [0.05, 0.1) is 5.56 Å². The molecular weight excluding hydrogens is 314 g/mol. The van der Waals surface area contributed by atoms with Gasteiger partial charge in [-0.2, -0.15) is 4.31 Å². The molecule has 0 saturated carbocycles. The summed E-state index contributed by atoms with van der Waals surface area (Å²) in [5.74, 6) is -0.155. The molecule has 2 aromatic carbocycles. The van der Waals surface area contributed by atoms with Gasteiger partial charge in [0.1, 0.15) is 10.6 Å². The molecule has 0 fully saturated rings. The average molecular weight is 324 g/mol. The van der Waals surface area contributed by atoms with Gasteiger partial charge in [0.25, 0.3) is 15.9 Å². The molecule has 0 aliphatic carbocycles. The van der Waals surface area contributed by atoms with Crippen molar-refractivity contribution >= 4 is 27.5 Å². The molecule has 0 spiro atoms. The number of rotatable bonds is 3. The van der Waals surface area contributed by atoms with Crippen molar-refractivity contribution in [2.45, 2.75) is 4.90 Å². The molecule has 0 saturated heterocycles. The highest BCUT2D eigenvalue weighted by molar-refractivity contribution is 7.90. The Labute approximate surface area is 126 Å². The quantitative estimate of drug-likeness (QED) is 0.870. The van der Waals surface area contributed by atoms with Crippen molar-refractivity contribution in [2.75, 3.05) is 6.73 Å². The van der Waals surface area contributed by atoms with Crippen molar-refractivity contribution in [3.05, 3.63) is 59.1 Å². The van der Waals surface area contributed by atoms with Crippen LogP contribution in [0.2, 0.25) is 5.02 Å². The lowest BCUT2D eigenvalue weighted by atomic mass is 10.2. The van der Waals surface area contributed by atoms with Gasteiger partial charge in [-0.05, 0) is 36.4 Å². The Kier molecular flexibility index (Phi) is 3.35. The van der Waals surface area contributed by atoms with Gasteiger partial charge in [0, 0.05) is 5.02 Å². The number of halogens is 1. The summed E-state index contributed by atoms with van der Waals surface area (Å²) in [5.41, 5.74) is 0.164. The van der Waals surface area contributed by atoms with Gasteiger partial charge >= 0.3 is 0 Å². The van der Waals surface area contributed by atoms with Crippen LogP contribution in [0.4, 0.5) is 0 Å². The van der Waals surface area contributed by atoms with Crippen molar-refractivity contribution in [3.8, 4) is 5.75 Å². The number of benzene rings is 2. The summed E-state index contributed by atoms with van der Waals surface area (Å²) < 4.78 is 30.6. The van der Waals surface area contributed by atoms with E-state index in [0.717, 1.165) is 0 Å². The van der Waals surface area contributed by atoms with Gasteiger partial charge in [-0.25, -0.2) is 8.42 Å². The molecule has 0 atom stereocenters. The number of carbonyl (C=O) groups is 1. The second-order valence-corrected chi connectivity index (χ2v) is 6.65. The molecule has 0 unspecified atom stereocenters. The Balaban J connectivity index is 1.84. The maximum absolute atomic E-state index is 12.3. The molecule has 7 heteroatoms. The largest absolute Gasteiger partial charge is 0.472 e. The molecule has 0 bridgehead atoms. The molecule has 5 nitrogen and oxygen atoms in total. The summed E-state index contributed by atoms with van der Waals surface area (Å²) >= 11 is 5.75. The van der Waals surface area contributed by atoms with E-state index in [0.29, 0.717) is 15.1 Å². The molecule has 1 aliphatic rings. The summed E-state index contributed by atoms with van der Waals surface area (Å²) in [6.45, 7) is -0.378. The maximum atomic E-state index is 12.3. The van der Waals surface area contributed by atoms with Crippen LogP contribution in [-0.4, -0.2) is 25.4 Å². The fourth-order valence-electron chi connectivity index (χ4n) is 2.02. The first-order valence-electron chi connectivity index (χ1n) is 6.04. The predicted molar refractivity (Wildman–Crippen MR) is 76.7 cm³/mol. The number of hydrogen-bond donors (Lipinski definition) is 0. The molecule has 0 radical (unpaired) electrons. The Bertz CT molecular complexity index is 802. The van der Waals surface area contributed by atoms with Gasteiger partial charge in [0.2, 0.25) is 0 Å². The Hall–Kier alpha value is -2.05. The lowest BCUT2D eigenvalue weighted by Crippen LogP contribution is -2.33. The van der Waals surface area contributed by atoms with Crippen molar-refractivity contribution in [3.63, 3.8) is 0 Å². The predicted octanol–water partition coefficient (Wildman–Crippen LogP) is 2.52. The topological polar surface area (TPSA) is 63.7 Å². The molecule has 0 aromatic heterocycles. The Morgan fingerprint density at radius 1 is 1.05 bits per heavy atom. The van der Waals surface area contributed by atoms with E-state index in [9.17, 15) is 13.2 Å². The smallest absolute Gasteiger partial charge is 0.271 e. The molecule has 1 heterocycles. The van der Waals surface area contributed by atoms with Crippen molar-refractivity contribution in [1.29, 1.82) is 0 Å². The lowest BCUT2D eigenvalue weighted by molar-refractivity contribution is 0.0790. The summed E-state index contributed by atoms with van der Waals surface area (Å²) in [5, 5.41) is 0.541. The van der Waals surface area contributed by atoms with Gasteiger partial charge in [-0.1, -0.05) is 23.7 Å². The zero-order valence-electron chi connectivity index (χ0n) is 10.7.